The number of aliphatic hydroxyl groups is 1. The van der Waals surface area contributed by atoms with Gasteiger partial charge in [-0.3, -0.25) is 0 Å². The molecule has 0 saturated carbocycles. The SMILES string of the molecule is COC(=O)NCCCCC(C)(C)CN(C[C@@H](O)[C@H](Cc1ccccc1)NC(=O)O[C@@H]1CO[C@@H]2OCC[C@@H]21)S(=O)(=O)c1ccc(N)cc1. The van der Waals surface area contributed by atoms with Crippen molar-refractivity contribution in [3.8, 4) is 0 Å². The summed E-state index contributed by atoms with van der Waals surface area (Å²) in [5.41, 5.74) is 6.60. The number of amides is 2. The van der Waals surface area contributed by atoms with Crippen molar-refractivity contribution < 1.29 is 42.1 Å². The van der Waals surface area contributed by atoms with Crippen LogP contribution >= 0.6 is 0 Å². The van der Waals surface area contributed by atoms with Crippen molar-refractivity contribution in [3.63, 3.8) is 0 Å². The largest absolute Gasteiger partial charge is 0.453 e. The molecule has 260 valence electrons. The van der Waals surface area contributed by atoms with Crippen molar-refractivity contribution in [2.24, 2.45) is 11.3 Å². The number of benzene rings is 2. The van der Waals surface area contributed by atoms with Gasteiger partial charge in [-0.25, -0.2) is 18.0 Å². The van der Waals surface area contributed by atoms with E-state index in [1.807, 2.05) is 44.2 Å². The molecular formula is C33H48N4O9S. The number of unbranched alkanes of at least 4 members (excludes halogenated alkanes) is 1. The van der Waals surface area contributed by atoms with Gasteiger partial charge in [0.15, 0.2) is 6.29 Å². The van der Waals surface area contributed by atoms with E-state index in [0.29, 0.717) is 38.1 Å². The molecule has 0 bridgehead atoms. The number of rotatable bonds is 16. The van der Waals surface area contributed by atoms with E-state index in [1.54, 1.807) is 0 Å². The van der Waals surface area contributed by atoms with Gasteiger partial charge in [-0.05, 0) is 60.9 Å². The summed E-state index contributed by atoms with van der Waals surface area (Å²) in [5, 5.41) is 17.1. The van der Waals surface area contributed by atoms with Gasteiger partial charge in [0.2, 0.25) is 10.0 Å². The third-order valence-corrected chi connectivity index (χ3v) is 10.4. The first kappa shape index (κ1) is 36.4. The first-order valence-electron chi connectivity index (χ1n) is 16.0. The molecule has 2 fully saturated rings. The normalized spacial score (nSPS) is 20.7. The van der Waals surface area contributed by atoms with Crippen LogP contribution in [0.4, 0.5) is 15.3 Å². The van der Waals surface area contributed by atoms with Crippen LogP contribution in [-0.4, -0.2) is 94.5 Å². The van der Waals surface area contributed by atoms with Crippen LogP contribution < -0.4 is 16.4 Å². The van der Waals surface area contributed by atoms with E-state index < -0.39 is 52.2 Å². The van der Waals surface area contributed by atoms with Gasteiger partial charge in [0.25, 0.3) is 0 Å². The summed E-state index contributed by atoms with van der Waals surface area (Å²) in [4.78, 5) is 24.6. The van der Waals surface area contributed by atoms with Crippen LogP contribution in [0.5, 0.6) is 0 Å². The fourth-order valence-corrected chi connectivity index (χ4v) is 7.59. The number of aliphatic hydroxyl groups excluding tert-OH is 1. The van der Waals surface area contributed by atoms with Gasteiger partial charge >= 0.3 is 12.2 Å². The van der Waals surface area contributed by atoms with Gasteiger partial charge in [0.05, 0.1) is 43.3 Å². The number of ether oxygens (including phenoxy) is 4. The molecule has 47 heavy (non-hydrogen) atoms. The summed E-state index contributed by atoms with van der Waals surface area (Å²) in [6.07, 6.45) is -0.403. The molecule has 4 rings (SSSR count). The number of hydrogen-bond donors (Lipinski definition) is 4. The second-order valence-electron chi connectivity index (χ2n) is 12.9. The third kappa shape index (κ3) is 10.5. The topological polar surface area (TPSA) is 179 Å². The number of nitrogens with one attached hydrogen (secondary N) is 2. The number of carbonyl (C=O) groups is 2. The molecule has 0 aliphatic carbocycles. The molecule has 2 aromatic rings. The lowest BCUT2D eigenvalue weighted by Crippen LogP contribution is -2.52. The first-order valence-corrected chi connectivity index (χ1v) is 17.4. The Morgan fingerprint density at radius 3 is 2.51 bits per heavy atom. The number of nitrogens with zero attached hydrogens (tertiary/aromatic N) is 1. The third-order valence-electron chi connectivity index (χ3n) is 8.56. The molecular weight excluding hydrogens is 628 g/mol. The van der Waals surface area contributed by atoms with Crippen molar-refractivity contribution in [2.75, 3.05) is 45.7 Å². The van der Waals surface area contributed by atoms with E-state index in [2.05, 4.69) is 15.4 Å². The highest BCUT2D eigenvalue weighted by Gasteiger charge is 2.44. The van der Waals surface area contributed by atoms with E-state index in [0.717, 1.165) is 12.0 Å². The molecule has 2 aliphatic rings. The second-order valence-corrected chi connectivity index (χ2v) is 14.8. The number of sulfonamides is 1. The average Bonchev–Trinajstić information content (AvgIpc) is 3.66. The van der Waals surface area contributed by atoms with Gasteiger partial charge in [-0.15, -0.1) is 0 Å². The molecule has 13 nitrogen and oxygen atoms in total. The minimum Gasteiger partial charge on any atom is -0.453 e. The molecule has 2 aromatic carbocycles. The predicted octanol–water partition coefficient (Wildman–Crippen LogP) is 3.27. The first-order chi connectivity index (χ1) is 22.4. The molecule has 2 amide bonds. The van der Waals surface area contributed by atoms with Crippen molar-refractivity contribution >= 4 is 27.9 Å². The highest BCUT2D eigenvalue weighted by Crippen LogP contribution is 2.33. The van der Waals surface area contributed by atoms with E-state index in [4.69, 9.17) is 19.9 Å². The number of nitrogen functional groups attached to an aromatic ring is 1. The average molecular weight is 677 g/mol. The van der Waals surface area contributed by atoms with E-state index in [-0.39, 0.29) is 36.9 Å². The molecule has 0 aromatic heterocycles. The Labute approximate surface area is 277 Å². The van der Waals surface area contributed by atoms with Gasteiger partial charge in [0, 0.05) is 25.3 Å². The summed E-state index contributed by atoms with van der Waals surface area (Å²) in [6.45, 7) is 4.90. The van der Waals surface area contributed by atoms with Gasteiger partial charge in [-0.2, -0.15) is 4.31 Å². The Morgan fingerprint density at radius 1 is 1.09 bits per heavy atom. The molecule has 0 unspecified atom stereocenters. The number of carbonyl (C=O) groups excluding carboxylic acids is 2. The van der Waals surface area contributed by atoms with Crippen LogP contribution in [0.3, 0.4) is 0 Å². The van der Waals surface area contributed by atoms with Crippen LogP contribution in [0.25, 0.3) is 0 Å². The summed E-state index contributed by atoms with van der Waals surface area (Å²) in [6, 6.07) is 14.4. The zero-order valence-corrected chi connectivity index (χ0v) is 28.1. The molecule has 14 heteroatoms. The minimum atomic E-state index is -4.09. The quantitative estimate of drug-likeness (QED) is 0.152. The van der Waals surface area contributed by atoms with Crippen LogP contribution in [-0.2, 0) is 35.4 Å². The van der Waals surface area contributed by atoms with Gasteiger partial charge < -0.3 is 40.4 Å². The Hall–Kier alpha value is -3.43. The molecule has 0 spiro atoms. The van der Waals surface area contributed by atoms with Gasteiger partial charge in [-0.1, -0.05) is 50.6 Å². The number of alkyl carbamates (subject to hydrolysis) is 2. The van der Waals surface area contributed by atoms with Crippen molar-refractivity contribution in [1.82, 2.24) is 14.9 Å². The standard InChI is InChI=1S/C33H48N4O9S/c1-33(2,16-7-8-17-35-31(39)43-3)22-37(47(41,42)25-13-11-24(34)12-14-25)20-28(38)27(19-23-9-5-4-6-10-23)36-32(40)46-29-21-45-30-26(29)15-18-44-30/h4-6,9-14,26-30,38H,7-8,15-22,34H2,1-3H3,(H,35,39)(H,36,40)/t26-,27+,28-,29-,30+/m1/s1. The van der Waals surface area contributed by atoms with E-state index >= 15 is 0 Å². The van der Waals surface area contributed by atoms with E-state index in [1.165, 1.54) is 35.7 Å². The highest BCUT2D eigenvalue weighted by molar-refractivity contribution is 7.89. The Morgan fingerprint density at radius 2 is 1.81 bits per heavy atom. The van der Waals surface area contributed by atoms with Crippen LogP contribution in [0.1, 0.15) is 45.1 Å². The Kier molecular flexibility index (Phi) is 12.9. The zero-order valence-electron chi connectivity index (χ0n) is 27.3. The number of nitrogens with two attached hydrogens (primary N) is 1. The van der Waals surface area contributed by atoms with Crippen molar-refractivity contribution in [1.29, 1.82) is 0 Å². The molecule has 2 aliphatic heterocycles. The molecule has 5 N–H and O–H groups in total. The zero-order chi connectivity index (χ0) is 34.0. The molecule has 5 atom stereocenters. The molecule has 0 radical (unpaired) electrons. The molecule has 2 heterocycles. The number of hydrogen-bond acceptors (Lipinski definition) is 10. The number of fused-ring (bicyclic) bond motifs is 1. The molecule has 2 saturated heterocycles. The number of anilines is 1. The Balaban J connectivity index is 1.51. The van der Waals surface area contributed by atoms with Gasteiger partial charge in [0.1, 0.15) is 6.10 Å². The van der Waals surface area contributed by atoms with Crippen LogP contribution in [0, 0.1) is 11.3 Å². The van der Waals surface area contributed by atoms with Crippen molar-refractivity contribution in [2.45, 2.75) is 75.4 Å². The maximum absolute atomic E-state index is 14.1. The second kappa shape index (κ2) is 16.6. The lowest BCUT2D eigenvalue weighted by atomic mass is 9.87. The minimum absolute atomic E-state index is 0.0403. The van der Waals surface area contributed by atoms with Crippen molar-refractivity contribution in [3.05, 3.63) is 60.2 Å². The summed E-state index contributed by atoms with van der Waals surface area (Å²) in [7, 11) is -2.79. The maximum atomic E-state index is 14.1. The predicted molar refractivity (Wildman–Crippen MR) is 175 cm³/mol. The smallest absolute Gasteiger partial charge is 0.407 e. The van der Waals surface area contributed by atoms with Crippen LogP contribution in [0.2, 0.25) is 0 Å². The highest BCUT2D eigenvalue weighted by atomic mass is 32.2. The van der Waals surface area contributed by atoms with Crippen LogP contribution in [0.15, 0.2) is 59.5 Å². The number of methoxy groups -OCH3 is 1. The summed E-state index contributed by atoms with van der Waals surface area (Å²) < 4.78 is 50.8. The lowest BCUT2D eigenvalue weighted by molar-refractivity contribution is -0.0907. The summed E-state index contributed by atoms with van der Waals surface area (Å²) in [5.74, 6) is -0.0581. The monoisotopic (exact) mass is 676 g/mol. The summed E-state index contributed by atoms with van der Waals surface area (Å²) >= 11 is 0. The van der Waals surface area contributed by atoms with E-state index in [9.17, 15) is 23.1 Å². The Bertz CT molecular complexity index is 1410. The fourth-order valence-electron chi connectivity index (χ4n) is 5.94. The lowest BCUT2D eigenvalue weighted by Gasteiger charge is -2.35. The maximum Gasteiger partial charge on any atom is 0.407 e. The fraction of sp³-hybridized carbons (Fsp3) is 0.576.